The lowest BCUT2D eigenvalue weighted by Crippen LogP contribution is -2.43. The third-order valence-electron chi connectivity index (χ3n) is 5.61. The van der Waals surface area contributed by atoms with Gasteiger partial charge in [-0.05, 0) is 56.4 Å². The largest absolute Gasteiger partial charge is 0.355 e. The second kappa shape index (κ2) is 11.1. The van der Waals surface area contributed by atoms with Crippen molar-refractivity contribution in [3.8, 4) is 0 Å². The summed E-state index contributed by atoms with van der Waals surface area (Å²) in [5.41, 5.74) is 2.23. The van der Waals surface area contributed by atoms with Crippen LogP contribution >= 0.6 is 35.3 Å². The number of para-hydroxylation sites is 2. The van der Waals surface area contributed by atoms with Crippen molar-refractivity contribution in [1.29, 1.82) is 0 Å². The normalized spacial score (nSPS) is 15.9. The number of benzene rings is 1. The van der Waals surface area contributed by atoms with Gasteiger partial charge in [0.05, 0.1) is 17.1 Å². The number of aryl methyl sites for hydroxylation is 1. The van der Waals surface area contributed by atoms with E-state index < -0.39 is 0 Å². The van der Waals surface area contributed by atoms with E-state index in [2.05, 4.69) is 72.7 Å². The number of rotatable bonds is 7. The molecule has 1 aliphatic heterocycles. The van der Waals surface area contributed by atoms with Crippen molar-refractivity contribution in [2.24, 2.45) is 4.99 Å². The number of imidazole rings is 1. The number of fused-ring (bicyclic) bond motifs is 1. The molecule has 0 amide bonds. The van der Waals surface area contributed by atoms with Crippen LogP contribution in [0.4, 0.5) is 0 Å². The van der Waals surface area contributed by atoms with Crippen molar-refractivity contribution >= 4 is 52.3 Å². The van der Waals surface area contributed by atoms with Gasteiger partial charge in [0.2, 0.25) is 0 Å². The fraction of sp³-hybridized carbons (Fsp3) is 0.455. The zero-order valence-corrected chi connectivity index (χ0v) is 20.8. The minimum atomic E-state index is 0. The maximum atomic E-state index is 4.65. The Labute approximate surface area is 199 Å². The average molecular weight is 539 g/mol. The Morgan fingerprint density at radius 3 is 2.70 bits per heavy atom. The standard InChI is InChI=1S/C22H30N6S.HI/c1-17-26-18-8-3-4-9-19(18)28(17)14-11-24-22(23-2)25-16-20(21-10-7-15-29-21)27-12-5-6-13-27;/h3-4,7-10,15,20H,5-6,11-14,16H2,1-2H3,(H2,23,24,25);1H. The van der Waals surface area contributed by atoms with Gasteiger partial charge in [0.25, 0.3) is 0 Å². The molecule has 0 bridgehead atoms. The number of hydrogen-bond acceptors (Lipinski definition) is 4. The molecule has 1 unspecified atom stereocenters. The van der Waals surface area contributed by atoms with Crippen LogP contribution in [-0.4, -0.2) is 53.6 Å². The Kier molecular flexibility index (Phi) is 8.52. The van der Waals surface area contributed by atoms with Crippen LogP contribution in [0.15, 0.2) is 46.8 Å². The van der Waals surface area contributed by atoms with Gasteiger partial charge in [-0.1, -0.05) is 18.2 Å². The number of halogens is 1. The lowest BCUT2D eigenvalue weighted by atomic mass is 10.2. The van der Waals surface area contributed by atoms with E-state index in [0.29, 0.717) is 6.04 Å². The van der Waals surface area contributed by atoms with Gasteiger partial charge in [-0.3, -0.25) is 9.89 Å². The Morgan fingerprint density at radius 1 is 1.17 bits per heavy atom. The summed E-state index contributed by atoms with van der Waals surface area (Å²) in [6.07, 6.45) is 2.60. The van der Waals surface area contributed by atoms with Gasteiger partial charge in [-0.2, -0.15) is 0 Å². The molecule has 0 spiro atoms. The number of aliphatic imine (C=N–C) groups is 1. The van der Waals surface area contributed by atoms with Gasteiger partial charge >= 0.3 is 0 Å². The third-order valence-corrected chi connectivity index (χ3v) is 6.59. The number of nitrogens with one attached hydrogen (secondary N) is 2. The van der Waals surface area contributed by atoms with E-state index in [1.54, 1.807) is 0 Å². The molecule has 1 aromatic carbocycles. The Balaban J connectivity index is 0.00000256. The smallest absolute Gasteiger partial charge is 0.191 e. The van der Waals surface area contributed by atoms with Gasteiger partial charge in [-0.25, -0.2) is 4.98 Å². The predicted molar refractivity (Wildman–Crippen MR) is 137 cm³/mol. The predicted octanol–water partition coefficient (Wildman–Crippen LogP) is 4.03. The first-order chi connectivity index (χ1) is 14.3. The molecule has 4 rings (SSSR count). The van der Waals surface area contributed by atoms with Crippen LogP contribution in [0.1, 0.15) is 29.6 Å². The lowest BCUT2D eigenvalue weighted by Gasteiger charge is -2.27. The molecule has 30 heavy (non-hydrogen) atoms. The van der Waals surface area contributed by atoms with Crippen LogP contribution in [-0.2, 0) is 6.54 Å². The van der Waals surface area contributed by atoms with Crippen molar-refractivity contribution in [1.82, 2.24) is 25.1 Å². The molecule has 1 fully saturated rings. The van der Waals surface area contributed by atoms with Gasteiger partial charge in [0, 0.05) is 31.6 Å². The van der Waals surface area contributed by atoms with Crippen LogP contribution in [0.2, 0.25) is 0 Å². The van der Waals surface area contributed by atoms with Gasteiger partial charge < -0.3 is 15.2 Å². The Morgan fingerprint density at radius 2 is 1.97 bits per heavy atom. The molecule has 162 valence electrons. The zero-order valence-electron chi connectivity index (χ0n) is 17.7. The lowest BCUT2D eigenvalue weighted by molar-refractivity contribution is 0.249. The molecule has 3 heterocycles. The summed E-state index contributed by atoms with van der Waals surface area (Å²) in [6.45, 7) is 6.95. The first kappa shape index (κ1) is 23.0. The Hall–Kier alpha value is -1.65. The summed E-state index contributed by atoms with van der Waals surface area (Å²) in [5, 5.41) is 9.18. The highest BCUT2D eigenvalue weighted by molar-refractivity contribution is 14.0. The number of hydrogen-bond donors (Lipinski definition) is 2. The molecular formula is C22H31IN6S. The SMILES string of the molecule is CN=C(NCCn1c(C)nc2ccccc21)NCC(c1cccs1)N1CCCC1.I. The second-order valence-corrected chi connectivity index (χ2v) is 8.43. The summed E-state index contributed by atoms with van der Waals surface area (Å²) >= 11 is 1.84. The van der Waals surface area contributed by atoms with Gasteiger partial charge in [0.15, 0.2) is 5.96 Å². The van der Waals surface area contributed by atoms with E-state index in [1.165, 1.54) is 36.3 Å². The van der Waals surface area contributed by atoms with E-state index in [-0.39, 0.29) is 24.0 Å². The molecule has 1 saturated heterocycles. The summed E-state index contributed by atoms with van der Waals surface area (Å²) in [6, 6.07) is 13.1. The quantitative estimate of drug-likeness (QED) is 0.271. The summed E-state index contributed by atoms with van der Waals surface area (Å²) in [5.74, 6) is 1.90. The minimum Gasteiger partial charge on any atom is -0.355 e. The summed E-state index contributed by atoms with van der Waals surface area (Å²) < 4.78 is 2.26. The van der Waals surface area contributed by atoms with Crippen LogP contribution in [0, 0.1) is 6.92 Å². The molecule has 0 aliphatic carbocycles. The number of likely N-dealkylation sites (tertiary alicyclic amines) is 1. The molecule has 6 nitrogen and oxygen atoms in total. The molecule has 1 aliphatic rings. The maximum Gasteiger partial charge on any atom is 0.191 e. The minimum absolute atomic E-state index is 0. The fourth-order valence-electron chi connectivity index (χ4n) is 4.12. The number of thiophene rings is 1. The average Bonchev–Trinajstić information content (AvgIpc) is 3.49. The molecular weight excluding hydrogens is 507 g/mol. The highest BCUT2D eigenvalue weighted by Crippen LogP contribution is 2.27. The van der Waals surface area contributed by atoms with E-state index in [0.717, 1.165) is 36.9 Å². The van der Waals surface area contributed by atoms with Crippen molar-refractivity contribution in [3.05, 3.63) is 52.5 Å². The van der Waals surface area contributed by atoms with E-state index in [4.69, 9.17) is 0 Å². The summed E-state index contributed by atoms with van der Waals surface area (Å²) in [4.78, 5) is 13.1. The zero-order chi connectivity index (χ0) is 20.1. The molecule has 8 heteroatoms. The molecule has 2 N–H and O–H groups in total. The highest BCUT2D eigenvalue weighted by Gasteiger charge is 2.24. The molecule has 2 aromatic heterocycles. The number of aromatic nitrogens is 2. The maximum absolute atomic E-state index is 4.65. The van der Waals surface area contributed by atoms with Crippen LogP contribution < -0.4 is 10.6 Å². The molecule has 0 saturated carbocycles. The van der Waals surface area contributed by atoms with E-state index in [1.807, 2.05) is 24.5 Å². The van der Waals surface area contributed by atoms with Crippen LogP contribution in [0.3, 0.4) is 0 Å². The second-order valence-electron chi connectivity index (χ2n) is 7.45. The van der Waals surface area contributed by atoms with Crippen molar-refractivity contribution < 1.29 is 0 Å². The third kappa shape index (κ3) is 5.33. The van der Waals surface area contributed by atoms with Crippen molar-refractivity contribution in [2.45, 2.75) is 32.4 Å². The van der Waals surface area contributed by atoms with Gasteiger partial charge in [-0.15, -0.1) is 35.3 Å². The topological polar surface area (TPSA) is 57.5 Å². The van der Waals surface area contributed by atoms with Crippen molar-refractivity contribution in [2.75, 3.05) is 33.2 Å². The first-order valence-corrected chi connectivity index (χ1v) is 11.3. The molecule has 1 atom stereocenters. The van der Waals surface area contributed by atoms with E-state index in [9.17, 15) is 0 Å². The fourth-order valence-corrected chi connectivity index (χ4v) is 4.98. The number of nitrogens with zero attached hydrogens (tertiary/aromatic N) is 4. The first-order valence-electron chi connectivity index (χ1n) is 10.4. The highest BCUT2D eigenvalue weighted by atomic mass is 127. The van der Waals surface area contributed by atoms with Gasteiger partial charge in [0.1, 0.15) is 5.82 Å². The van der Waals surface area contributed by atoms with Crippen LogP contribution in [0.5, 0.6) is 0 Å². The monoisotopic (exact) mass is 538 g/mol. The molecule has 3 aromatic rings. The van der Waals surface area contributed by atoms with E-state index >= 15 is 0 Å². The Bertz CT molecular complexity index is 946. The summed E-state index contributed by atoms with van der Waals surface area (Å²) in [7, 11) is 1.84. The van der Waals surface area contributed by atoms with Crippen LogP contribution in [0.25, 0.3) is 11.0 Å². The number of guanidine groups is 1. The van der Waals surface area contributed by atoms with Crippen molar-refractivity contribution in [3.63, 3.8) is 0 Å². The molecule has 0 radical (unpaired) electrons.